The Hall–Kier alpha value is -2.03. The second kappa shape index (κ2) is 11.9. The summed E-state index contributed by atoms with van der Waals surface area (Å²) < 4.78 is 16.6. The highest BCUT2D eigenvalue weighted by Gasteiger charge is 2.24. The molecule has 0 spiro atoms. The Morgan fingerprint density at radius 3 is 2.42 bits per heavy atom. The van der Waals surface area contributed by atoms with Gasteiger partial charge in [0.1, 0.15) is 5.75 Å². The van der Waals surface area contributed by atoms with Crippen LogP contribution >= 0.6 is 11.8 Å². The van der Waals surface area contributed by atoms with E-state index in [0.29, 0.717) is 11.7 Å². The second-order valence-corrected chi connectivity index (χ2v) is 9.82. The minimum atomic E-state index is 0.422. The van der Waals surface area contributed by atoms with Gasteiger partial charge in [0.15, 0.2) is 16.7 Å². The smallest absolute Gasteiger partial charge is 0.187 e. The average Bonchev–Trinajstić information content (AvgIpc) is 3.38. The standard InChI is InChI=1S/C25H36N4O3S/c1-30-22-16-24(32-3)23(31-2)15-20(22)18-29-12-6-7-19(17-29)21-8-9-26-25(27-21)33-14-13-28-10-4-5-11-28/h8-9,15-16,19H,4-7,10-14,17-18H2,1-3H3/t19-/m1/s1. The highest BCUT2D eigenvalue weighted by atomic mass is 32.2. The lowest BCUT2D eigenvalue weighted by Gasteiger charge is -2.33. The molecule has 2 aromatic rings. The van der Waals surface area contributed by atoms with E-state index >= 15 is 0 Å². The Morgan fingerprint density at radius 1 is 0.939 bits per heavy atom. The lowest BCUT2D eigenvalue weighted by Crippen LogP contribution is -2.34. The van der Waals surface area contributed by atoms with Gasteiger partial charge in [-0.1, -0.05) is 11.8 Å². The molecule has 0 aliphatic carbocycles. The van der Waals surface area contributed by atoms with Crippen LogP contribution in [0.3, 0.4) is 0 Å². The van der Waals surface area contributed by atoms with Crippen molar-refractivity contribution >= 4 is 11.8 Å². The molecule has 1 aromatic heterocycles. The number of ether oxygens (including phenoxy) is 3. The van der Waals surface area contributed by atoms with E-state index in [9.17, 15) is 0 Å². The van der Waals surface area contributed by atoms with Crippen molar-refractivity contribution in [1.82, 2.24) is 19.8 Å². The number of methoxy groups -OCH3 is 3. The molecule has 2 fully saturated rings. The van der Waals surface area contributed by atoms with Crippen LogP contribution in [0.1, 0.15) is 42.9 Å². The summed E-state index contributed by atoms with van der Waals surface area (Å²) in [6, 6.07) is 6.03. The minimum Gasteiger partial charge on any atom is -0.496 e. The quantitative estimate of drug-likeness (QED) is 0.379. The van der Waals surface area contributed by atoms with Crippen LogP contribution in [0, 0.1) is 0 Å². The Labute approximate surface area is 201 Å². The maximum atomic E-state index is 5.64. The van der Waals surface area contributed by atoms with Gasteiger partial charge in [0.25, 0.3) is 0 Å². The molecular formula is C25H36N4O3S. The summed E-state index contributed by atoms with van der Waals surface area (Å²) in [5.74, 6) is 3.72. The second-order valence-electron chi connectivity index (χ2n) is 8.75. The first-order valence-corrected chi connectivity index (χ1v) is 12.9. The number of thioether (sulfide) groups is 1. The van der Waals surface area contributed by atoms with Crippen LogP contribution in [0.25, 0.3) is 0 Å². The number of piperidine rings is 1. The molecule has 0 N–H and O–H groups in total. The monoisotopic (exact) mass is 472 g/mol. The Bertz CT molecular complexity index is 907. The number of hydrogen-bond acceptors (Lipinski definition) is 8. The molecule has 2 aliphatic rings. The maximum absolute atomic E-state index is 5.64. The van der Waals surface area contributed by atoms with E-state index in [-0.39, 0.29) is 0 Å². The summed E-state index contributed by atoms with van der Waals surface area (Å²) in [5.41, 5.74) is 2.27. The van der Waals surface area contributed by atoms with E-state index in [4.69, 9.17) is 19.2 Å². The third kappa shape index (κ3) is 6.31. The van der Waals surface area contributed by atoms with Gasteiger partial charge in [0, 0.05) is 54.8 Å². The third-order valence-corrected chi connectivity index (χ3v) is 7.44. The van der Waals surface area contributed by atoms with Crippen LogP contribution in [-0.4, -0.2) is 79.6 Å². The van der Waals surface area contributed by atoms with Crippen LogP contribution in [0.2, 0.25) is 0 Å². The first-order valence-electron chi connectivity index (χ1n) is 11.9. The van der Waals surface area contributed by atoms with Gasteiger partial charge in [-0.3, -0.25) is 4.90 Å². The van der Waals surface area contributed by atoms with Crippen molar-refractivity contribution in [3.8, 4) is 17.2 Å². The summed E-state index contributed by atoms with van der Waals surface area (Å²) in [6.07, 6.45) is 6.92. The van der Waals surface area contributed by atoms with Crippen molar-refractivity contribution in [1.29, 1.82) is 0 Å². The molecule has 1 atom stereocenters. The molecule has 3 heterocycles. The molecule has 0 saturated carbocycles. The zero-order valence-corrected chi connectivity index (χ0v) is 20.9. The Balaban J connectivity index is 1.38. The summed E-state index contributed by atoms with van der Waals surface area (Å²) >= 11 is 1.78. The van der Waals surface area contributed by atoms with E-state index in [1.54, 1.807) is 33.1 Å². The van der Waals surface area contributed by atoms with Gasteiger partial charge < -0.3 is 19.1 Å². The zero-order valence-electron chi connectivity index (χ0n) is 20.1. The van der Waals surface area contributed by atoms with Crippen LogP contribution in [0.4, 0.5) is 0 Å². The van der Waals surface area contributed by atoms with Crippen LogP contribution in [0.5, 0.6) is 17.2 Å². The highest BCUT2D eigenvalue weighted by Crippen LogP contribution is 2.36. The topological polar surface area (TPSA) is 60.0 Å². The van der Waals surface area contributed by atoms with Crippen LogP contribution in [0.15, 0.2) is 29.6 Å². The average molecular weight is 473 g/mol. The number of benzene rings is 1. The Morgan fingerprint density at radius 2 is 1.67 bits per heavy atom. The zero-order chi connectivity index (χ0) is 23.0. The van der Waals surface area contributed by atoms with Crippen molar-refractivity contribution in [3.63, 3.8) is 0 Å². The van der Waals surface area contributed by atoms with E-state index in [1.807, 2.05) is 18.3 Å². The van der Waals surface area contributed by atoms with Crippen molar-refractivity contribution in [3.05, 3.63) is 35.7 Å². The van der Waals surface area contributed by atoms with Crippen molar-refractivity contribution in [2.75, 3.05) is 59.8 Å². The largest absolute Gasteiger partial charge is 0.496 e. The van der Waals surface area contributed by atoms with Gasteiger partial charge in [0.05, 0.1) is 21.3 Å². The summed E-state index contributed by atoms with van der Waals surface area (Å²) in [7, 11) is 5.02. The maximum Gasteiger partial charge on any atom is 0.187 e. The number of nitrogens with zero attached hydrogens (tertiary/aromatic N) is 4. The molecule has 4 rings (SSSR count). The normalized spacial score (nSPS) is 19.5. The fourth-order valence-electron chi connectivity index (χ4n) is 4.82. The first-order chi connectivity index (χ1) is 16.2. The summed E-state index contributed by atoms with van der Waals surface area (Å²) in [6.45, 7) is 6.46. The van der Waals surface area contributed by atoms with E-state index in [2.05, 4.69) is 20.9 Å². The van der Waals surface area contributed by atoms with Gasteiger partial charge in [-0.25, -0.2) is 9.97 Å². The van der Waals surface area contributed by atoms with Gasteiger partial charge in [-0.05, 0) is 57.5 Å². The molecule has 0 bridgehead atoms. The Kier molecular flexibility index (Phi) is 8.69. The number of hydrogen-bond donors (Lipinski definition) is 0. The van der Waals surface area contributed by atoms with E-state index in [1.165, 1.54) is 25.9 Å². The fourth-order valence-corrected chi connectivity index (χ4v) is 5.66. The number of aromatic nitrogens is 2. The molecule has 0 radical (unpaired) electrons. The predicted octanol–water partition coefficient (Wildman–Crippen LogP) is 4.07. The third-order valence-electron chi connectivity index (χ3n) is 6.60. The van der Waals surface area contributed by atoms with Crippen molar-refractivity contribution < 1.29 is 14.2 Å². The molecule has 2 saturated heterocycles. The molecular weight excluding hydrogens is 436 g/mol. The predicted molar refractivity (Wildman–Crippen MR) is 132 cm³/mol. The number of likely N-dealkylation sites (tertiary alicyclic amines) is 2. The molecule has 1 aromatic carbocycles. The molecule has 180 valence electrons. The van der Waals surface area contributed by atoms with Gasteiger partial charge >= 0.3 is 0 Å². The molecule has 7 nitrogen and oxygen atoms in total. The van der Waals surface area contributed by atoms with Gasteiger partial charge in [-0.15, -0.1) is 0 Å². The molecule has 33 heavy (non-hydrogen) atoms. The number of rotatable bonds is 10. The summed E-state index contributed by atoms with van der Waals surface area (Å²) in [5, 5.41) is 0.908. The van der Waals surface area contributed by atoms with E-state index in [0.717, 1.165) is 72.7 Å². The minimum absolute atomic E-state index is 0.422. The van der Waals surface area contributed by atoms with E-state index < -0.39 is 0 Å². The SMILES string of the molecule is COc1cc(OC)c(OC)cc1CN1CCC[C@@H](c2ccnc(SCCN3CCCC3)n2)C1. The fraction of sp³-hybridized carbons (Fsp3) is 0.600. The summed E-state index contributed by atoms with van der Waals surface area (Å²) in [4.78, 5) is 14.5. The molecule has 0 amide bonds. The molecule has 8 heteroatoms. The first kappa shape index (κ1) is 24.1. The van der Waals surface area contributed by atoms with Crippen molar-refractivity contribution in [2.24, 2.45) is 0 Å². The van der Waals surface area contributed by atoms with Crippen LogP contribution < -0.4 is 14.2 Å². The lowest BCUT2D eigenvalue weighted by molar-refractivity contribution is 0.195. The van der Waals surface area contributed by atoms with Gasteiger partial charge in [-0.2, -0.15) is 0 Å². The molecule has 0 unspecified atom stereocenters. The lowest BCUT2D eigenvalue weighted by atomic mass is 9.94. The van der Waals surface area contributed by atoms with Crippen molar-refractivity contribution in [2.45, 2.75) is 43.3 Å². The van der Waals surface area contributed by atoms with Crippen LogP contribution in [-0.2, 0) is 6.54 Å². The molecule has 2 aliphatic heterocycles. The van der Waals surface area contributed by atoms with Gasteiger partial charge in [0.2, 0.25) is 0 Å². The highest BCUT2D eigenvalue weighted by molar-refractivity contribution is 7.99.